The van der Waals surface area contributed by atoms with Crippen LogP contribution in [0.15, 0.2) is 12.7 Å². The summed E-state index contributed by atoms with van der Waals surface area (Å²) in [4.78, 5) is 28.7. The molecule has 0 N–H and O–H groups in total. The average molecular weight is 407 g/mol. The molecule has 0 aromatic rings. The van der Waals surface area contributed by atoms with Gasteiger partial charge in [0.2, 0.25) is 5.91 Å². The minimum absolute atomic E-state index is 0.0181. The zero-order chi connectivity index (χ0) is 21.8. The number of carbonyl (C=O) groups excluding carboxylic acids is 2. The number of ether oxygens (including phenoxy) is 1. The molecule has 29 heavy (non-hydrogen) atoms. The van der Waals surface area contributed by atoms with Gasteiger partial charge in [-0.25, -0.2) is 4.79 Å². The van der Waals surface area contributed by atoms with Crippen LogP contribution in [0.3, 0.4) is 0 Å². The third kappa shape index (κ3) is 6.48. The highest BCUT2D eigenvalue weighted by Gasteiger charge is 2.38. The Kier molecular flexibility index (Phi) is 8.18. The molecule has 5 nitrogen and oxygen atoms in total. The summed E-state index contributed by atoms with van der Waals surface area (Å²) in [5.41, 5.74) is -0.510. The lowest BCUT2D eigenvalue weighted by Gasteiger charge is -2.43. The summed E-state index contributed by atoms with van der Waals surface area (Å²) in [6.07, 6.45) is 5.28. The zero-order valence-corrected chi connectivity index (χ0v) is 19.4. The van der Waals surface area contributed by atoms with E-state index in [0.717, 1.165) is 45.4 Å². The minimum Gasteiger partial charge on any atom is -0.443 e. The van der Waals surface area contributed by atoms with Crippen molar-refractivity contribution in [1.82, 2.24) is 9.80 Å². The maximum atomic E-state index is 12.9. The summed E-state index contributed by atoms with van der Waals surface area (Å²) in [5, 5.41) is 0. The second-order valence-electron chi connectivity index (χ2n) is 10.4. The lowest BCUT2D eigenvalue weighted by atomic mass is 9.74. The molecule has 2 heterocycles. The maximum Gasteiger partial charge on any atom is 0.410 e. The van der Waals surface area contributed by atoms with E-state index in [0.29, 0.717) is 29.6 Å². The van der Waals surface area contributed by atoms with Crippen LogP contribution in [0.25, 0.3) is 0 Å². The fourth-order valence-electron chi connectivity index (χ4n) is 5.06. The molecule has 0 aromatic heterocycles. The van der Waals surface area contributed by atoms with E-state index in [1.807, 2.05) is 23.6 Å². The molecule has 2 rings (SSSR count). The van der Waals surface area contributed by atoms with E-state index in [-0.39, 0.29) is 12.0 Å². The minimum atomic E-state index is -0.510. The van der Waals surface area contributed by atoms with Gasteiger partial charge in [-0.3, -0.25) is 4.79 Å². The first-order valence-corrected chi connectivity index (χ1v) is 11.4. The quantitative estimate of drug-likeness (QED) is 0.585. The highest BCUT2D eigenvalue weighted by atomic mass is 16.6. The Morgan fingerprint density at radius 1 is 1.07 bits per heavy atom. The topological polar surface area (TPSA) is 49.9 Å². The SMILES string of the molecule is C=CC(=O)N1CCC(CC(C)(C)OC(=O)N2CCCC(C(C)C)C2)C(C(C)C)C1. The van der Waals surface area contributed by atoms with Crippen LogP contribution in [0.5, 0.6) is 0 Å². The number of hydrogen-bond donors (Lipinski definition) is 0. The molecule has 2 aliphatic heterocycles. The largest absolute Gasteiger partial charge is 0.443 e. The molecule has 2 aliphatic rings. The lowest BCUT2D eigenvalue weighted by Crippen LogP contribution is -2.48. The van der Waals surface area contributed by atoms with Gasteiger partial charge in [0, 0.05) is 26.2 Å². The summed E-state index contributed by atoms with van der Waals surface area (Å²) < 4.78 is 6.02. The molecule has 5 heteroatoms. The first-order chi connectivity index (χ1) is 13.5. The Morgan fingerprint density at radius 2 is 1.76 bits per heavy atom. The third-order valence-electron chi connectivity index (χ3n) is 6.93. The number of rotatable bonds is 6. The summed E-state index contributed by atoms with van der Waals surface area (Å²) in [6.45, 7) is 19.7. The number of carbonyl (C=O) groups is 2. The van der Waals surface area contributed by atoms with Gasteiger partial charge in [-0.15, -0.1) is 0 Å². The zero-order valence-electron chi connectivity index (χ0n) is 19.4. The summed E-state index contributed by atoms with van der Waals surface area (Å²) in [6, 6.07) is 0. The fourth-order valence-corrected chi connectivity index (χ4v) is 5.06. The third-order valence-corrected chi connectivity index (χ3v) is 6.93. The van der Waals surface area contributed by atoms with Crippen molar-refractivity contribution in [3.63, 3.8) is 0 Å². The van der Waals surface area contributed by atoms with Crippen LogP contribution in [-0.4, -0.2) is 53.6 Å². The first-order valence-electron chi connectivity index (χ1n) is 11.4. The second-order valence-corrected chi connectivity index (χ2v) is 10.4. The Morgan fingerprint density at radius 3 is 2.34 bits per heavy atom. The Bertz CT molecular complexity index is 585. The second kappa shape index (κ2) is 9.99. The van der Waals surface area contributed by atoms with Crippen molar-refractivity contribution in [2.24, 2.45) is 29.6 Å². The molecular weight excluding hydrogens is 364 g/mol. The highest BCUT2D eigenvalue weighted by Crippen LogP contribution is 2.37. The van der Waals surface area contributed by atoms with Gasteiger partial charge in [0.1, 0.15) is 5.60 Å². The lowest BCUT2D eigenvalue weighted by molar-refractivity contribution is -0.129. The van der Waals surface area contributed by atoms with Gasteiger partial charge < -0.3 is 14.5 Å². The van der Waals surface area contributed by atoms with Crippen molar-refractivity contribution in [1.29, 1.82) is 0 Å². The number of piperidine rings is 2. The van der Waals surface area contributed by atoms with Gasteiger partial charge >= 0.3 is 6.09 Å². The van der Waals surface area contributed by atoms with E-state index >= 15 is 0 Å². The van der Waals surface area contributed by atoms with Gasteiger partial charge in [0.15, 0.2) is 0 Å². The predicted octanol–water partition coefficient (Wildman–Crippen LogP) is 4.97. The summed E-state index contributed by atoms with van der Waals surface area (Å²) >= 11 is 0. The van der Waals surface area contributed by atoms with E-state index < -0.39 is 5.60 Å². The average Bonchev–Trinajstić information content (AvgIpc) is 2.66. The Balaban J connectivity index is 1.97. The van der Waals surface area contributed by atoms with Crippen molar-refractivity contribution >= 4 is 12.0 Å². The molecule has 166 valence electrons. The molecule has 3 unspecified atom stereocenters. The molecule has 0 bridgehead atoms. The molecule has 0 saturated carbocycles. The molecule has 0 spiro atoms. The fraction of sp³-hybridized carbons (Fsp3) is 0.833. The van der Waals surface area contributed by atoms with E-state index in [1.54, 1.807) is 0 Å². The highest BCUT2D eigenvalue weighted by molar-refractivity contribution is 5.87. The van der Waals surface area contributed by atoms with Crippen molar-refractivity contribution in [3.8, 4) is 0 Å². The summed E-state index contributed by atoms with van der Waals surface area (Å²) in [7, 11) is 0. The molecular formula is C24H42N2O3. The van der Waals surface area contributed by atoms with E-state index in [2.05, 4.69) is 34.3 Å². The number of likely N-dealkylation sites (tertiary alicyclic amines) is 2. The van der Waals surface area contributed by atoms with Gasteiger partial charge in [-0.05, 0) is 75.2 Å². The predicted molar refractivity (Wildman–Crippen MR) is 118 cm³/mol. The molecule has 2 amide bonds. The van der Waals surface area contributed by atoms with Crippen LogP contribution in [-0.2, 0) is 9.53 Å². The van der Waals surface area contributed by atoms with Crippen LogP contribution in [0.1, 0.15) is 67.2 Å². The van der Waals surface area contributed by atoms with Gasteiger partial charge in [0.05, 0.1) is 0 Å². The number of amides is 2. The van der Waals surface area contributed by atoms with Gasteiger partial charge in [0.25, 0.3) is 0 Å². The van der Waals surface area contributed by atoms with Gasteiger partial charge in [-0.1, -0.05) is 34.3 Å². The van der Waals surface area contributed by atoms with Crippen molar-refractivity contribution in [2.45, 2.75) is 72.8 Å². The standard InChI is InChI=1S/C24H42N2O3/c1-8-22(27)25-13-11-19(21(16-25)18(4)5)14-24(6,7)29-23(28)26-12-9-10-20(15-26)17(2)3/h8,17-21H,1,9-16H2,2-7H3. The van der Waals surface area contributed by atoms with Crippen LogP contribution in [0, 0.1) is 29.6 Å². The van der Waals surface area contributed by atoms with Crippen LogP contribution < -0.4 is 0 Å². The van der Waals surface area contributed by atoms with Gasteiger partial charge in [-0.2, -0.15) is 0 Å². The monoisotopic (exact) mass is 406 g/mol. The van der Waals surface area contributed by atoms with Crippen molar-refractivity contribution in [2.75, 3.05) is 26.2 Å². The van der Waals surface area contributed by atoms with Crippen molar-refractivity contribution < 1.29 is 14.3 Å². The van der Waals surface area contributed by atoms with E-state index in [1.165, 1.54) is 12.5 Å². The maximum absolute atomic E-state index is 12.9. The van der Waals surface area contributed by atoms with Crippen LogP contribution in [0.4, 0.5) is 4.79 Å². The normalized spacial score (nSPS) is 26.0. The molecule has 2 saturated heterocycles. The number of hydrogen-bond acceptors (Lipinski definition) is 3. The Hall–Kier alpha value is -1.52. The van der Waals surface area contributed by atoms with E-state index in [4.69, 9.17) is 4.74 Å². The molecule has 0 aromatic carbocycles. The molecule has 0 radical (unpaired) electrons. The van der Waals surface area contributed by atoms with Crippen molar-refractivity contribution in [3.05, 3.63) is 12.7 Å². The summed E-state index contributed by atoms with van der Waals surface area (Å²) in [5.74, 6) is 2.50. The molecule has 2 fully saturated rings. The Labute approximate surface area is 177 Å². The van der Waals surface area contributed by atoms with Crippen LogP contribution >= 0.6 is 0 Å². The number of nitrogens with zero attached hydrogens (tertiary/aromatic N) is 2. The first kappa shape index (κ1) is 23.8. The van der Waals surface area contributed by atoms with Crippen LogP contribution in [0.2, 0.25) is 0 Å². The van der Waals surface area contributed by atoms with E-state index in [9.17, 15) is 9.59 Å². The molecule has 0 aliphatic carbocycles. The molecule has 3 atom stereocenters. The smallest absolute Gasteiger partial charge is 0.410 e.